The maximum absolute atomic E-state index is 12.4. The van der Waals surface area contributed by atoms with Crippen LogP contribution in [0.4, 0.5) is 0 Å². The van der Waals surface area contributed by atoms with Gasteiger partial charge < -0.3 is 14.6 Å². The lowest BCUT2D eigenvalue weighted by atomic mass is 10.0. The lowest BCUT2D eigenvalue weighted by Gasteiger charge is -2.15. The summed E-state index contributed by atoms with van der Waals surface area (Å²) in [7, 11) is 0. The van der Waals surface area contributed by atoms with Crippen molar-refractivity contribution in [3.8, 4) is 0 Å². The van der Waals surface area contributed by atoms with Crippen LogP contribution >= 0.6 is 0 Å². The van der Waals surface area contributed by atoms with Crippen molar-refractivity contribution in [3.63, 3.8) is 0 Å². The van der Waals surface area contributed by atoms with Crippen LogP contribution in [-0.4, -0.2) is 36.4 Å². The van der Waals surface area contributed by atoms with Gasteiger partial charge in [0.25, 0.3) is 0 Å². The summed E-state index contributed by atoms with van der Waals surface area (Å²) in [6, 6.07) is 0. The van der Waals surface area contributed by atoms with Crippen LogP contribution in [0.25, 0.3) is 0 Å². The van der Waals surface area contributed by atoms with Crippen molar-refractivity contribution >= 4 is 11.9 Å². The van der Waals surface area contributed by atoms with Gasteiger partial charge in [0.15, 0.2) is 6.10 Å². The van der Waals surface area contributed by atoms with E-state index in [9.17, 15) is 14.7 Å². The van der Waals surface area contributed by atoms with Gasteiger partial charge in [-0.05, 0) is 141 Å². The van der Waals surface area contributed by atoms with E-state index in [0.29, 0.717) is 19.3 Å². The van der Waals surface area contributed by atoms with Crippen LogP contribution in [0.5, 0.6) is 0 Å². The summed E-state index contributed by atoms with van der Waals surface area (Å²) < 4.78 is 10.7. The molecule has 5 heteroatoms. The number of esters is 2. The Labute approximate surface area is 569 Å². The highest BCUT2D eigenvalue weighted by molar-refractivity contribution is 5.70. The van der Waals surface area contributed by atoms with Crippen LogP contribution < -0.4 is 0 Å². The molecule has 0 aliphatic rings. The molecule has 1 N–H and O–H groups in total. The van der Waals surface area contributed by atoms with Gasteiger partial charge in [-0.25, -0.2) is 0 Å². The maximum atomic E-state index is 12.4. The number of unbranched alkanes of at least 4 members (excludes halogenated alkanes) is 31. The molecule has 0 amide bonds. The zero-order valence-corrected chi connectivity index (χ0v) is 59.7. The van der Waals surface area contributed by atoms with E-state index in [1.807, 2.05) is 0 Å². The quantitative estimate of drug-likeness (QED) is 0.0373. The summed E-state index contributed by atoms with van der Waals surface area (Å²) in [6.45, 7) is 3.99. The Balaban J connectivity index is 3.57. The molecule has 0 aliphatic heterocycles. The number of carbonyl (C=O) groups is 2. The first-order valence-electron chi connectivity index (χ1n) is 38.3. The summed E-state index contributed by atoms with van der Waals surface area (Å²) >= 11 is 0. The molecule has 0 bridgehead atoms. The Hall–Kier alpha value is -5.00. The molecular formula is C87H142O5. The van der Waals surface area contributed by atoms with Gasteiger partial charge in [0.2, 0.25) is 0 Å². The lowest BCUT2D eigenvalue weighted by molar-refractivity contribution is -0.161. The Bertz CT molecular complexity index is 2020. The molecular weight excluding hydrogens is 1120 g/mol. The first-order chi connectivity index (χ1) is 45.6. The molecule has 520 valence electrons. The van der Waals surface area contributed by atoms with Crippen molar-refractivity contribution in [2.75, 3.05) is 13.2 Å². The van der Waals surface area contributed by atoms with Crippen molar-refractivity contribution < 1.29 is 24.2 Å². The van der Waals surface area contributed by atoms with E-state index in [1.165, 1.54) is 180 Å². The van der Waals surface area contributed by atoms with Crippen molar-refractivity contribution in [1.82, 2.24) is 0 Å². The monoisotopic (exact) mass is 1270 g/mol. The van der Waals surface area contributed by atoms with E-state index in [0.717, 1.165) is 122 Å². The molecule has 92 heavy (non-hydrogen) atoms. The van der Waals surface area contributed by atoms with E-state index < -0.39 is 6.10 Å². The number of hydrogen-bond acceptors (Lipinski definition) is 5. The van der Waals surface area contributed by atoms with Gasteiger partial charge in [0.1, 0.15) is 6.61 Å². The number of aliphatic hydroxyl groups is 1. The van der Waals surface area contributed by atoms with E-state index >= 15 is 0 Å². The van der Waals surface area contributed by atoms with Crippen molar-refractivity contribution in [2.24, 2.45) is 0 Å². The third kappa shape index (κ3) is 77.4. The number of aliphatic hydroxyl groups excluding tert-OH is 1. The summed E-state index contributed by atoms with van der Waals surface area (Å²) in [5.41, 5.74) is 0. The normalized spacial score (nSPS) is 13.3. The fourth-order valence-corrected chi connectivity index (χ4v) is 10.5. The third-order valence-corrected chi connectivity index (χ3v) is 16.2. The molecule has 0 aromatic carbocycles. The molecule has 1 atom stereocenters. The summed E-state index contributed by atoms with van der Waals surface area (Å²) in [5.74, 6) is -0.642. The topological polar surface area (TPSA) is 72.8 Å². The zero-order valence-electron chi connectivity index (χ0n) is 59.7. The number of ether oxygens (including phenoxy) is 2. The minimum Gasteiger partial charge on any atom is -0.462 e. The Morgan fingerprint density at radius 1 is 0.261 bits per heavy atom. The molecule has 0 saturated heterocycles. The number of hydrogen-bond donors (Lipinski definition) is 1. The molecule has 0 rings (SSSR count). The standard InChI is InChI=1S/C87H142O5/c1-3-5-7-9-11-13-15-17-19-21-23-25-27-29-31-33-35-37-39-41-43-45-47-49-51-53-55-57-59-61-63-65-67-69-71-73-75-77-79-81-86(89)91-84-85(83-88)92-87(90)82-80-78-76-74-72-70-68-66-64-62-60-58-56-54-52-50-48-46-44-42-40-38-36-34-32-30-28-26-24-22-20-18-16-14-12-10-8-6-4-2/h6,8,12,14-15,17-18,20-21,23-24,26-27,29-30,32,36,38,42,44,48,50,54,56,60,62,66,68,72,74,85,88H,3-5,7,9-11,13,16,19,22,25,28,31,33-35,37,39-41,43,45-47,49,51-53,55,57-59,61,63-65,67,69-71,73,75-84H2,1-2H3/b8-6-,14-12-,17-15-,20-18-,23-21-,26-24-,29-27-,32-30-,38-36-,44-42-,50-48-,56-54-,62-60-,68-66-,74-72-. The van der Waals surface area contributed by atoms with Gasteiger partial charge in [-0.2, -0.15) is 0 Å². The number of allylic oxidation sites excluding steroid dienone is 30. The van der Waals surface area contributed by atoms with Gasteiger partial charge in [-0.15, -0.1) is 0 Å². The molecule has 0 aromatic heterocycles. The molecule has 0 saturated carbocycles. The Kier molecular flexibility index (Phi) is 75.9. The van der Waals surface area contributed by atoms with E-state index in [1.54, 1.807) is 0 Å². The molecule has 5 nitrogen and oxygen atoms in total. The van der Waals surface area contributed by atoms with E-state index in [4.69, 9.17) is 9.47 Å². The van der Waals surface area contributed by atoms with Crippen molar-refractivity contribution in [1.29, 1.82) is 0 Å². The SMILES string of the molecule is CC/C=C\C/C=C\C/C=C\C/C=C\C/C=C\C/C=C\C/C=C\C/C=C\C/C=C\C/C=C\C/C=C\C/C=C\CCCCC(=O)OC(CO)COC(=O)CCCCCCCCCCCCCCCCCCCCCCCCCC/C=C\C/C=C\C/C=C\CCCCCCC. The van der Waals surface area contributed by atoms with Crippen LogP contribution in [0.2, 0.25) is 0 Å². The fraction of sp³-hybridized carbons (Fsp3) is 0.632. The molecule has 0 radical (unpaired) electrons. The van der Waals surface area contributed by atoms with Gasteiger partial charge in [0, 0.05) is 12.8 Å². The minimum atomic E-state index is -0.809. The second-order valence-corrected chi connectivity index (χ2v) is 25.0. The first-order valence-corrected chi connectivity index (χ1v) is 38.3. The van der Waals surface area contributed by atoms with Gasteiger partial charge in [0.05, 0.1) is 6.61 Å². The molecule has 0 aliphatic carbocycles. The predicted molar refractivity (Wildman–Crippen MR) is 407 cm³/mol. The fourth-order valence-electron chi connectivity index (χ4n) is 10.5. The summed E-state index contributed by atoms with van der Waals surface area (Å²) in [5, 5.41) is 9.71. The Morgan fingerprint density at radius 3 is 0.728 bits per heavy atom. The minimum absolute atomic E-state index is 0.0915. The molecule has 1 unspecified atom stereocenters. The van der Waals surface area contributed by atoms with Crippen molar-refractivity contribution in [3.05, 3.63) is 182 Å². The second-order valence-electron chi connectivity index (χ2n) is 25.0. The highest BCUT2D eigenvalue weighted by Gasteiger charge is 2.16. The number of carbonyl (C=O) groups excluding carboxylic acids is 2. The number of rotatable bonds is 69. The summed E-state index contributed by atoms with van der Waals surface area (Å²) in [6.07, 6.45) is 125. The molecule has 0 spiro atoms. The van der Waals surface area contributed by atoms with Crippen LogP contribution in [0.1, 0.15) is 335 Å². The highest BCUT2D eigenvalue weighted by atomic mass is 16.6. The van der Waals surface area contributed by atoms with Crippen molar-refractivity contribution in [2.45, 2.75) is 341 Å². The van der Waals surface area contributed by atoms with E-state index in [2.05, 4.69) is 196 Å². The molecule has 0 heterocycles. The van der Waals surface area contributed by atoms with Crippen LogP contribution in [0.3, 0.4) is 0 Å². The van der Waals surface area contributed by atoms with Crippen LogP contribution in [0, 0.1) is 0 Å². The van der Waals surface area contributed by atoms with E-state index in [-0.39, 0.29) is 25.2 Å². The average Bonchev–Trinajstić information content (AvgIpc) is 3.75. The summed E-state index contributed by atoms with van der Waals surface area (Å²) in [4.78, 5) is 24.7. The smallest absolute Gasteiger partial charge is 0.306 e. The van der Waals surface area contributed by atoms with Gasteiger partial charge in [-0.1, -0.05) is 363 Å². The first kappa shape index (κ1) is 87.0. The average molecular weight is 1270 g/mol. The predicted octanol–water partition coefficient (Wildman–Crippen LogP) is 27.3. The molecule has 0 aromatic rings. The maximum Gasteiger partial charge on any atom is 0.306 e. The van der Waals surface area contributed by atoms with Gasteiger partial charge in [-0.3, -0.25) is 9.59 Å². The second kappa shape index (κ2) is 80.2. The van der Waals surface area contributed by atoms with Crippen LogP contribution in [-0.2, 0) is 19.1 Å². The zero-order chi connectivity index (χ0) is 66.1. The largest absolute Gasteiger partial charge is 0.462 e. The highest BCUT2D eigenvalue weighted by Crippen LogP contribution is 2.17. The van der Waals surface area contributed by atoms with Crippen LogP contribution in [0.15, 0.2) is 182 Å². The Morgan fingerprint density at radius 2 is 0.467 bits per heavy atom. The molecule has 0 fully saturated rings. The van der Waals surface area contributed by atoms with Gasteiger partial charge >= 0.3 is 11.9 Å². The third-order valence-electron chi connectivity index (χ3n) is 16.2. The lowest BCUT2D eigenvalue weighted by Crippen LogP contribution is -2.28.